The first-order valence-electron chi connectivity index (χ1n) is 9.06. The van der Waals surface area contributed by atoms with Gasteiger partial charge in [-0.2, -0.15) is 0 Å². The number of hydrogen-bond acceptors (Lipinski definition) is 3. The van der Waals surface area contributed by atoms with E-state index in [4.69, 9.17) is 4.74 Å². The Morgan fingerprint density at radius 3 is 2.87 bits per heavy atom. The second-order valence-electron chi connectivity index (χ2n) is 7.78. The van der Waals surface area contributed by atoms with Gasteiger partial charge in [-0.25, -0.2) is 0 Å². The Kier molecular flexibility index (Phi) is 3.44. The first-order valence-corrected chi connectivity index (χ1v) is 9.06. The second kappa shape index (κ2) is 5.25. The highest BCUT2D eigenvalue weighted by Gasteiger charge is 2.54. The molecule has 1 aromatic carbocycles. The number of rotatable bonds is 2. The second-order valence-corrected chi connectivity index (χ2v) is 7.78. The zero-order chi connectivity index (χ0) is 16.2. The molecule has 0 aliphatic heterocycles. The molecule has 2 saturated carbocycles. The van der Waals surface area contributed by atoms with Crippen LogP contribution >= 0.6 is 0 Å². The highest BCUT2D eigenvalue weighted by atomic mass is 16.5. The fraction of sp³-hybridized carbons (Fsp3) is 0.650. The molecule has 23 heavy (non-hydrogen) atoms. The van der Waals surface area contributed by atoms with Gasteiger partial charge in [0, 0.05) is 23.5 Å². The Labute approximate surface area is 138 Å². The van der Waals surface area contributed by atoms with Crippen LogP contribution in [0.15, 0.2) is 12.1 Å². The predicted molar refractivity (Wildman–Crippen MR) is 88.9 cm³/mol. The molecular weight excluding hydrogens is 288 g/mol. The minimum Gasteiger partial charge on any atom is -0.508 e. The number of phenols is 1. The first kappa shape index (κ1) is 15.0. The van der Waals surface area contributed by atoms with Crippen LogP contribution in [0.4, 0.5) is 0 Å². The minimum absolute atomic E-state index is 0.0977. The molecule has 0 aromatic heterocycles. The molecule has 3 aliphatic carbocycles. The number of carbonyl (C=O) groups is 1. The molecule has 3 nitrogen and oxygen atoms in total. The van der Waals surface area contributed by atoms with E-state index in [0.717, 1.165) is 49.8 Å². The van der Waals surface area contributed by atoms with Crippen molar-refractivity contribution < 1.29 is 14.6 Å². The van der Waals surface area contributed by atoms with Crippen molar-refractivity contribution in [3.63, 3.8) is 0 Å². The molecule has 4 atom stereocenters. The summed E-state index contributed by atoms with van der Waals surface area (Å²) in [5.41, 5.74) is 2.30. The third kappa shape index (κ3) is 2.12. The van der Waals surface area contributed by atoms with Gasteiger partial charge >= 0.3 is 0 Å². The molecule has 0 unspecified atom stereocenters. The third-order valence-corrected chi connectivity index (χ3v) is 6.79. The summed E-state index contributed by atoms with van der Waals surface area (Å²) in [5, 5.41) is 10.6. The molecule has 1 N–H and O–H groups in total. The van der Waals surface area contributed by atoms with Gasteiger partial charge in [0.25, 0.3) is 0 Å². The zero-order valence-corrected chi connectivity index (χ0v) is 14.1. The standard InChI is InChI=1S/C20H26O3/c1-3-23-13-10-12-4-5-14-15(19(12)17(21)11-13)8-9-20(2)16(14)6-7-18(20)22/h10-11,14-16,21H,3-9H2,1-2H3/t14-,15+,16+,20+/m1/s1. The highest BCUT2D eigenvalue weighted by molar-refractivity contribution is 5.87. The van der Waals surface area contributed by atoms with Crippen molar-refractivity contribution in [3.8, 4) is 11.5 Å². The van der Waals surface area contributed by atoms with Crippen LogP contribution in [0.3, 0.4) is 0 Å². The largest absolute Gasteiger partial charge is 0.508 e. The minimum atomic E-state index is -0.0977. The van der Waals surface area contributed by atoms with Gasteiger partial charge in [-0.05, 0) is 68.4 Å². The lowest BCUT2D eigenvalue weighted by molar-refractivity contribution is -0.129. The maximum Gasteiger partial charge on any atom is 0.139 e. The number of phenolic OH excluding ortho intramolecular Hbond substituents is 1. The lowest BCUT2D eigenvalue weighted by Crippen LogP contribution is -2.42. The zero-order valence-electron chi connectivity index (χ0n) is 14.1. The molecule has 0 amide bonds. The average Bonchev–Trinajstić information content (AvgIpc) is 2.83. The molecule has 0 radical (unpaired) electrons. The van der Waals surface area contributed by atoms with Crippen LogP contribution in [0.25, 0.3) is 0 Å². The molecule has 0 spiro atoms. The van der Waals surface area contributed by atoms with E-state index in [2.05, 4.69) is 13.0 Å². The van der Waals surface area contributed by atoms with E-state index < -0.39 is 0 Å². The van der Waals surface area contributed by atoms with Crippen LogP contribution in [-0.2, 0) is 11.2 Å². The number of ketones is 1. The fourth-order valence-corrected chi connectivity index (χ4v) is 5.69. The summed E-state index contributed by atoms with van der Waals surface area (Å²) in [5.74, 6) is 3.12. The van der Waals surface area contributed by atoms with Gasteiger partial charge < -0.3 is 9.84 Å². The number of hydrogen-bond donors (Lipinski definition) is 1. The molecule has 0 saturated heterocycles. The Balaban J connectivity index is 1.71. The number of carbonyl (C=O) groups excluding carboxylic acids is 1. The summed E-state index contributed by atoms with van der Waals surface area (Å²) >= 11 is 0. The van der Waals surface area contributed by atoms with E-state index in [1.807, 2.05) is 6.92 Å². The number of aromatic hydroxyl groups is 1. The van der Waals surface area contributed by atoms with Crippen LogP contribution in [0, 0.1) is 17.3 Å². The smallest absolute Gasteiger partial charge is 0.139 e. The van der Waals surface area contributed by atoms with E-state index in [1.54, 1.807) is 6.07 Å². The van der Waals surface area contributed by atoms with Gasteiger partial charge in [0.2, 0.25) is 0 Å². The van der Waals surface area contributed by atoms with Gasteiger partial charge in [0.1, 0.15) is 17.3 Å². The van der Waals surface area contributed by atoms with Crippen molar-refractivity contribution in [2.24, 2.45) is 17.3 Å². The topological polar surface area (TPSA) is 46.5 Å². The Morgan fingerprint density at radius 1 is 1.26 bits per heavy atom. The maximum atomic E-state index is 12.4. The molecular formula is C20H26O3. The quantitative estimate of drug-likeness (QED) is 0.889. The Hall–Kier alpha value is -1.51. The van der Waals surface area contributed by atoms with Crippen molar-refractivity contribution in [2.45, 2.75) is 58.3 Å². The summed E-state index contributed by atoms with van der Waals surface area (Å²) in [6, 6.07) is 3.89. The predicted octanol–water partition coefficient (Wildman–Crippen LogP) is 4.22. The molecule has 0 heterocycles. The number of Topliss-reactive ketones (excluding diaryl/α,β-unsaturated/α-hetero) is 1. The number of ether oxygens (including phenoxy) is 1. The van der Waals surface area contributed by atoms with E-state index >= 15 is 0 Å². The first-order chi connectivity index (χ1) is 11.0. The summed E-state index contributed by atoms with van der Waals surface area (Å²) in [7, 11) is 0. The average molecular weight is 314 g/mol. The van der Waals surface area contributed by atoms with Crippen molar-refractivity contribution in [2.75, 3.05) is 6.61 Å². The Morgan fingerprint density at radius 2 is 2.09 bits per heavy atom. The molecule has 1 aromatic rings. The lowest BCUT2D eigenvalue weighted by atomic mass is 9.55. The van der Waals surface area contributed by atoms with Crippen LogP contribution in [0.5, 0.6) is 11.5 Å². The van der Waals surface area contributed by atoms with Crippen molar-refractivity contribution in [3.05, 3.63) is 23.3 Å². The van der Waals surface area contributed by atoms with Gasteiger partial charge in [0.05, 0.1) is 6.61 Å². The number of benzene rings is 1. The van der Waals surface area contributed by atoms with Gasteiger partial charge in [0.15, 0.2) is 0 Å². The third-order valence-electron chi connectivity index (χ3n) is 6.79. The summed E-state index contributed by atoms with van der Waals surface area (Å²) in [4.78, 5) is 12.4. The molecule has 2 fully saturated rings. The normalized spacial score (nSPS) is 35.4. The van der Waals surface area contributed by atoms with Crippen LogP contribution in [0.1, 0.15) is 63.0 Å². The number of fused-ring (bicyclic) bond motifs is 5. The van der Waals surface area contributed by atoms with Gasteiger partial charge in [-0.3, -0.25) is 4.79 Å². The SMILES string of the molecule is CCOc1cc(O)c2c(c1)CC[C@@H]1[C@@H]2CC[C@]2(C)C(=O)CC[C@@H]12. The molecule has 3 heteroatoms. The van der Waals surface area contributed by atoms with Crippen LogP contribution in [-0.4, -0.2) is 17.5 Å². The van der Waals surface area contributed by atoms with E-state index in [-0.39, 0.29) is 5.41 Å². The monoisotopic (exact) mass is 314 g/mol. The van der Waals surface area contributed by atoms with Gasteiger partial charge in [-0.1, -0.05) is 6.92 Å². The van der Waals surface area contributed by atoms with Crippen molar-refractivity contribution >= 4 is 5.78 Å². The van der Waals surface area contributed by atoms with E-state index in [0.29, 0.717) is 35.9 Å². The van der Waals surface area contributed by atoms with E-state index in [9.17, 15) is 9.90 Å². The van der Waals surface area contributed by atoms with E-state index in [1.165, 1.54) is 5.56 Å². The summed E-state index contributed by atoms with van der Waals surface area (Å²) in [6.07, 6.45) is 5.93. The molecule has 0 bridgehead atoms. The maximum absolute atomic E-state index is 12.4. The molecule has 124 valence electrons. The van der Waals surface area contributed by atoms with Gasteiger partial charge in [-0.15, -0.1) is 0 Å². The molecule has 3 aliphatic rings. The fourth-order valence-electron chi connectivity index (χ4n) is 5.69. The van der Waals surface area contributed by atoms with Crippen LogP contribution < -0.4 is 4.74 Å². The summed E-state index contributed by atoms with van der Waals surface area (Å²) < 4.78 is 5.58. The lowest BCUT2D eigenvalue weighted by Gasteiger charge is -2.48. The Bertz CT molecular complexity index is 651. The highest BCUT2D eigenvalue weighted by Crippen LogP contribution is 2.60. The van der Waals surface area contributed by atoms with Crippen molar-refractivity contribution in [1.82, 2.24) is 0 Å². The van der Waals surface area contributed by atoms with Crippen LogP contribution in [0.2, 0.25) is 0 Å². The number of aryl methyl sites for hydroxylation is 1. The molecule has 4 rings (SSSR count). The van der Waals surface area contributed by atoms with Crippen molar-refractivity contribution in [1.29, 1.82) is 0 Å². The summed E-state index contributed by atoms with van der Waals surface area (Å²) in [6.45, 7) is 4.77.